The van der Waals surface area contributed by atoms with Crippen LogP contribution in [0.4, 0.5) is 0 Å². The predicted octanol–water partition coefficient (Wildman–Crippen LogP) is 2.31. The maximum Gasteiger partial charge on any atom is 0.258 e. The van der Waals surface area contributed by atoms with Crippen LogP contribution in [0.1, 0.15) is 27.9 Å². The smallest absolute Gasteiger partial charge is 0.258 e. The summed E-state index contributed by atoms with van der Waals surface area (Å²) in [5, 5.41) is 9.17. The van der Waals surface area contributed by atoms with Crippen molar-refractivity contribution in [2.45, 2.75) is 26.3 Å². The third kappa shape index (κ3) is 5.40. The number of aliphatic hydroxyl groups is 1. The number of aryl methyl sites for hydroxylation is 2. The van der Waals surface area contributed by atoms with Crippen LogP contribution < -0.4 is 5.48 Å². The first-order chi connectivity index (χ1) is 16.9. The summed E-state index contributed by atoms with van der Waals surface area (Å²) in [7, 11) is 1.51. The molecular weight excluding hydrogens is 444 g/mol. The van der Waals surface area contributed by atoms with Gasteiger partial charge in [-0.3, -0.25) is 24.8 Å². The number of hydrogen-bond donors (Lipinski definition) is 2. The SMILES string of the molecule is CONC1=CN(C(=O)c2ccc(-c3c(C)cccc3C)cc2)C(C(=O)N2CCN(CCO)CC2)C1. The Balaban J connectivity index is 1.52. The molecule has 2 heterocycles. The van der Waals surface area contributed by atoms with Gasteiger partial charge >= 0.3 is 0 Å². The van der Waals surface area contributed by atoms with Crippen molar-refractivity contribution in [1.29, 1.82) is 0 Å². The molecule has 0 radical (unpaired) electrons. The van der Waals surface area contributed by atoms with Crippen LogP contribution in [0.25, 0.3) is 11.1 Å². The molecule has 2 N–H and O–H groups in total. The lowest BCUT2D eigenvalue weighted by Crippen LogP contribution is -2.54. The van der Waals surface area contributed by atoms with E-state index in [1.54, 1.807) is 6.20 Å². The highest BCUT2D eigenvalue weighted by atomic mass is 16.6. The van der Waals surface area contributed by atoms with Crippen molar-refractivity contribution >= 4 is 11.8 Å². The van der Waals surface area contributed by atoms with E-state index in [1.807, 2.05) is 35.2 Å². The molecule has 2 aliphatic rings. The number of amides is 2. The number of carbonyl (C=O) groups is 2. The molecule has 0 spiro atoms. The van der Waals surface area contributed by atoms with Gasteiger partial charge < -0.3 is 14.9 Å². The molecule has 1 unspecified atom stereocenters. The lowest BCUT2D eigenvalue weighted by molar-refractivity contribution is -0.136. The zero-order valence-corrected chi connectivity index (χ0v) is 20.7. The van der Waals surface area contributed by atoms with Crippen molar-refractivity contribution in [2.75, 3.05) is 46.4 Å². The van der Waals surface area contributed by atoms with Crippen LogP contribution in [0.5, 0.6) is 0 Å². The first-order valence-electron chi connectivity index (χ1n) is 12.0. The lowest BCUT2D eigenvalue weighted by atomic mass is 9.95. The van der Waals surface area contributed by atoms with E-state index in [-0.39, 0.29) is 18.4 Å². The molecular formula is C27H34N4O4. The maximum absolute atomic E-state index is 13.5. The third-order valence-corrected chi connectivity index (χ3v) is 6.80. The monoisotopic (exact) mass is 478 g/mol. The van der Waals surface area contributed by atoms with Gasteiger partial charge in [0.1, 0.15) is 6.04 Å². The van der Waals surface area contributed by atoms with E-state index in [1.165, 1.54) is 28.7 Å². The second kappa shape index (κ2) is 11.0. The highest BCUT2D eigenvalue weighted by Crippen LogP contribution is 2.29. The van der Waals surface area contributed by atoms with Crippen LogP contribution in [0.15, 0.2) is 54.4 Å². The Morgan fingerprint density at radius 3 is 2.29 bits per heavy atom. The fraction of sp³-hybridized carbons (Fsp3) is 0.407. The van der Waals surface area contributed by atoms with Crippen molar-refractivity contribution in [2.24, 2.45) is 0 Å². The molecule has 4 rings (SSSR count). The highest BCUT2D eigenvalue weighted by molar-refractivity contribution is 5.99. The van der Waals surface area contributed by atoms with Gasteiger partial charge in [-0.25, -0.2) is 0 Å². The average molecular weight is 479 g/mol. The van der Waals surface area contributed by atoms with Crippen molar-refractivity contribution < 1.29 is 19.5 Å². The molecule has 2 aliphatic heterocycles. The van der Waals surface area contributed by atoms with Crippen LogP contribution in [-0.2, 0) is 9.63 Å². The summed E-state index contributed by atoms with van der Waals surface area (Å²) < 4.78 is 0. The van der Waals surface area contributed by atoms with Crippen LogP contribution >= 0.6 is 0 Å². The number of nitrogens with zero attached hydrogens (tertiary/aromatic N) is 3. The van der Waals surface area contributed by atoms with Gasteiger partial charge in [-0.2, -0.15) is 0 Å². The van der Waals surface area contributed by atoms with Crippen LogP contribution in [0, 0.1) is 13.8 Å². The van der Waals surface area contributed by atoms with Crippen molar-refractivity contribution in [1.82, 2.24) is 20.2 Å². The van der Waals surface area contributed by atoms with E-state index in [4.69, 9.17) is 9.94 Å². The summed E-state index contributed by atoms with van der Waals surface area (Å²) in [5.74, 6) is -0.290. The fourth-order valence-electron chi connectivity index (χ4n) is 4.97. The Kier molecular flexibility index (Phi) is 7.85. The number of β-amino-alcohol motifs (C(OH)–C–C–N with tert-alkyl or cyclic N) is 1. The van der Waals surface area contributed by atoms with E-state index in [0.717, 1.165) is 5.56 Å². The number of rotatable bonds is 7. The molecule has 1 fully saturated rings. The summed E-state index contributed by atoms with van der Waals surface area (Å²) >= 11 is 0. The zero-order chi connectivity index (χ0) is 24.9. The normalized spacial score (nSPS) is 18.5. The van der Waals surface area contributed by atoms with Gasteiger partial charge in [0.2, 0.25) is 5.91 Å². The van der Waals surface area contributed by atoms with Gasteiger partial charge in [0.15, 0.2) is 0 Å². The molecule has 0 aromatic heterocycles. The quantitative estimate of drug-likeness (QED) is 0.594. The number of nitrogens with one attached hydrogen (secondary N) is 1. The van der Waals surface area contributed by atoms with Gasteiger partial charge in [-0.1, -0.05) is 30.3 Å². The minimum atomic E-state index is -0.622. The van der Waals surface area contributed by atoms with E-state index >= 15 is 0 Å². The van der Waals surface area contributed by atoms with Gasteiger partial charge in [0, 0.05) is 50.9 Å². The molecule has 186 valence electrons. The summed E-state index contributed by atoms with van der Waals surface area (Å²) in [6, 6.07) is 13.2. The van der Waals surface area contributed by atoms with Crippen LogP contribution in [0.3, 0.4) is 0 Å². The third-order valence-electron chi connectivity index (χ3n) is 6.80. The first-order valence-corrected chi connectivity index (χ1v) is 12.0. The molecule has 8 heteroatoms. The van der Waals surface area contributed by atoms with E-state index < -0.39 is 6.04 Å². The Bertz CT molecular complexity index is 1070. The standard InChI is InChI=1S/C27H34N4O4/c1-19-5-4-6-20(2)25(19)21-7-9-22(10-8-21)26(33)31-18-23(28-35-3)17-24(31)27(34)30-13-11-29(12-14-30)15-16-32/h4-10,18,24,28,32H,11-17H2,1-3H3. The Morgan fingerprint density at radius 1 is 1.03 bits per heavy atom. The van der Waals surface area contributed by atoms with Crippen LogP contribution in [0.2, 0.25) is 0 Å². The van der Waals surface area contributed by atoms with Gasteiger partial charge in [0.05, 0.1) is 19.4 Å². The predicted molar refractivity (Wildman–Crippen MR) is 134 cm³/mol. The molecule has 8 nitrogen and oxygen atoms in total. The molecule has 2 amide bonds. The Morgan fingerprint density at radius 2 is 1.69 bits per heavy atom. The largest absolute Gasteiger partial charge is 0.395 e. The second-order valence-electron chi connectivity index (χ2n) is 9.13. The molecule has 2 aromatic carbocycles. The van der Waals surface area contributed by atoms with E-state index in [9.17, 15) is 9.59 Å². The molecule has 35 heavy (non-hydrogen) atoms. The van der Waals surface area contributed by atoms with Gasteiger partial charge in [-0.05, 0) is 48.2 Å². The van der Waals surface area contributed by atoms with E-state index in [0.29, 0.717) is 50.4 Å². The number of hydroxylamine groups is 1. The summed E-state index contributed by atoms with van der Waals surface area (Å²) in [6.45, 7) is 7.46. The number of benzene rings is 2. The van der Waals surface area contributed by atoms with Crippen molar-refractivity contribution in [3.05, 3.63) is 71.1 Å². The Hall–Kier alpha value is -3.20. The van der Waals surface area contributed by atoms with Crippen molar-refractivity contribution in [3.8, 4) is 11.1 Å². The molecule has 0 aliphatic carbocycles. The minimum absolute atomic E-state index is 0.0710. The zero-order valence-electron chi connectivity index (χ0n) is 20.7. The number of aliphatic hydroxyl groups excluding tert-OH is 1. The summed E-state index contributed by atoms with van der Waals surface area (Å²) in [6.07, 6.45) is 2.05. The molecule has 1 atom stereocenters. The van der Waals surface area contributed by atoms with Crippen LogP contribution in [-0.4, -0.2) is 84.1 Å². The number of carbonyl (C=O) groups excluding carboxylic acids is 2. The Labute approximate surface area is 206 Å². The first kappa shape index (κ1) is 24.9. The second-order valence-corrected chi connectivity index (χ2v) is 9.13. The van der Waals surface area contributed by atoms with Gasteiger partial charge in [0.25, 0.3) is 5.91 Å². The summed E-state index contributed by atoms with van der Waals surface area (Å²) in [4.78, 5) is 37.5. The topological polar surface area (TPSA) is 85.4 Å². The molecule has 0 bridgehead atoms. The summed E-state index contributed by atoms with van der Waals surface area (Å²) in [5.41, 5.74) is 8.62. The number of hydrogen-bond acceptors (Lipinski definition) is 6. The molecule has 1 saturated heterocycles. The van der Waals surface area contributed by atoms with Crippen molar-refractivity contribution in [3.63, 3.8) is 0 Å². The minimum Gasteiger partial charge on any atom is -0.395 e. The fourth-order valence-corrected chi connectivity index (χ4v) is 4.97. The average Bonchev–Trinajstić information content (AvgIpc) is 3.28. The van der Waals surface area contributed by atoms with Gasteiger partial charge in [-0.15, -0.1) is 0 Å². The molecule has 2 aromatic rings. The lowest BCUT2D eigenvalue weighted by Gasteiger charge is -2.37. The highest BCUT2D eigenvalue weighted by Gasteiger charge is 2.38. The molecule has 0 saturated carbocycles. The van der Waals surface area contributed by atoms with E-state index in [2.05, 4.69) is 36.4 Å². The maximum atomic E-state index is 13.5. The number of piperazine rings is 1.